The quantitative estimate of drug-likeness (QED) is 0.691. The lowest BCUT2D eigenvalue weighted by molar-refractivity contribution is -0.0740. The molecule has 2 heterocycles. The Kier molecular flexibility index (Phi) is 8.04. The molecule has 0 aromatic rings. The van der Waals surface area contributed by atoms with Crippen molar-refractivity contribution in [3.05, 3.63) is 0 Å². The van der Waals surface area contributed by atoms with E-state index in [1.54, 1.807) is 0 Å². The van der Waals surface area contributed by atoms with E-state index in [2.05, 4.69) is 27.7 Å². The largest absolute Gasteiger partial charge is 0.637 e. The van der Waals surface area contributed by atoms with E-state index in [0.29, 0.717) is 18.3 Å². The van der Waals surface area contributed by atoms with Crippen molar-refractivity contribution in [1.82, 2.24) is 0 Å². The Morgan fingerprint density at radius 3 is 2.08 bits per heavy atom. The summed E-state index contributed by atoms with van der Waals surface area (Å²) in [5.74, 6) is 0.919. The SMILES string of the molecule is CCC(C)CC1CC(CC2CC(C(C)CC)OB(O)O2)OB(O)O1. The fraction of sp³-hybridized carbons (Fsp3) is 1.00. The molecular weight excluding hydrogens is 310 g/mol. The monoisotopic (exact) mass is 342 g/mol. The van der Waals surface area contributed by atoms with Crippen LogP contribution in [0.4, 0.5) is 0 Å². The molecule has 0 saturated carbocycles. The molecule has 0 radical (unpaired) electrons. The van der Waals surface area contributed by atoms with E-state index in [1.807, 2.05) is 0 Å². The molecule has 138 valence electrons. The molecule has 2 aliphatic rings. The van der Waals surface area contributed by atoms with Crippen LogP contribution in [0, 0.1) is 11.8 Å². The van der Waals surface area contributed by atoms with E-state index in [0.717, 1.165) is 32.1 Å². The molecule has 0 amide bonds. The first kappa shape index (κ1) is 20.2. The molecule has 6 atom stereocenters. The van der Waals surface area contributed by atoms with Gasteiger partial charge in [-0.15, -0.1) is 0 Å². The van der Waals surface area contributed by atoms with Crippen molar-refractivity contribution < 1.29 is 28.7 Å². The average Bonchev–Trinajstić information content (AvgIpc) is 2.52. The van der Waals surface area contributed by atoms with Crippen molar-refractivity contribution in [2.75, 3.05) is 0 Å². The summed E-state index contributed by atoms with van der Waals surface area (Å²) in [6.07, 6.45) is 4.84. The Morgan fingerprint density at radius 2 is 1.46 bits per heavy atom. The van der Waals surface area contributed by atoms with E-state index < -0.39 is 14.6 Å². The van der Waals surface area contributed by atoms with Gasteiger partial charge < -0.3 is 28.7 Å². The topological polar surface area (TPSA) is 77.4 Å². The van der Waals surface area contributed by atoms with Gasteiger partial charge in [0.1, 0.15) is 0 Å². The second-order valence-electron chi connectivity index (χ2n) is 7.40. The Hall–Kier alpha value is -0.110. The molecule has 0 aliphatic carbocycles. The molecule has 0 bridgehead atoms. The molecule has 0 aromatic heterocycles. The van der Waals surface area contributed by atoms with Gasteiger partial charge in [0.15, 0.2) is 0 Å². The molecule has 6 unspecified atom stereocenters. The Morgan fingerprint density at radius 1 is 0.875 bits per heavy atom. The summed E-state index contributed by atoms with van der Waals surface area (Å²) in [7, 11) is -2.35. The standard InChI is InChI=1S/C16H32B2O6/c1-5-11(3)7-13-8-14(22-17(19)21-13)9-15-10-16(12(4)6-2)24-18(20)23-15/h11-16,19-20H,5-10H2,1-4H3. The highest BCUT2D eigenvalue weighted by Crippen LogP contribution is 2.30. The predicted molar refractivity (Wildman–Crippen MR) is 92.8 cm³/mol. The molecule has 2 aliphatic heterocycles. The van der Waals surface area contributed by atoms with Crippen LogP contribution in [0.3, 0.4) is 0 Å². The zero-order chi connectivity index (χ0) is 17.7. The van der Waals surface area contributed by atoms with Gasteiger partial charge in [0, 0.05) is 6.10 Å². The minimum absolute atomic E-state index is 0.00354. The molecule has 2 rings (SSSR count). The van der Waals surface area contributed by atoms with E-state index in [1.165, 1.54) is 0 Å². The summed E-state index contributed by atoms with van der Waals surface area (Å²) in [4.78, 5) is 0. The Labute approximate surface area is 146 Å². The van der Waals surface area contributed by atoms with Crippen LogP contribution >= 0.6 is 0 Å². The third-order valence-electron chi connectivity index (χ3n) is 5.41. The van der Waals surface area contributed by atoms with Crippen molar-refractivity contribution in [3.8, 4) is 0 Å². The summed E-state index contributed by atoms with van der Waals surface area (Å²) in [5, 5.41) is 19.7. The van der Waals surface area contributed by atoms with Crippen LogP contribution in [0.25, 0.3) is 0 Å². The van der Waals surface area contributed by atoms with Crippen LogP contribution in [0.15, 0.2) is 0 Å². The maximum Gasteiger partial charge on any atom is 0.637 e. The first-order valence-corrected chi connectivity index (χ1v) is 9.39. The van der Waals surface area contributed by atoms with Crippen LogP contribution in [0.1, 0.15) is 66.2 Å². The van der Waals surface area contributed by atoms with Gasteiger partial charge in [-0.3, -0.25) is 0 Å². The van der Waals surface area contributed by atoms with Crippen LogP contribution in [-0.2, 0) is 18.6 Å². The number of rotatable bonds is 7. The third kappa shape index (κ3) is 6.00. The highest BCUT2D eigenvalue weighted by molar-refractivity contribution is 6.35. The smallest absolute Gasteiger partial charge is 0.402 e. The summed E-state index contributed by atoms with van der Waals surface area (Å²) in [6.45, 7) is 8.58. The molecule has 24 heavy (non-hydrogen) atoms. The first-order valence-electron chi connectivity index (χ1n) is 9.39. The van der Waals surface area contributed by atoms with Crippen molar-refractivity contribution >= 4 is 14.6 Å². The van der Waals surface area contributed by atoms with Gasteiger partial charge in [0.2, 0.25) is 0 Å². The van der Waals surface area contributed by atoms with Gasteiger partial charge in [-0.25, -0.2) is 0 Å². The second-order valence-corrected chi connectivity index (χ2v) is 7.40. The molecule has 2 fully saturated rings. The minimum Gasteiger partial charge on any atom is -0.402 e. The zero-order valence-corrected chi connectivity index (χ0v) is 15.4. The average molecular weight is 342 g/mol. The lowest BCUT2D eigenvalue weighted by Crippen LogP contribution is -2.48. The van der Waals surface area contributed by atoms with Crippen LogP contribution in [-0.4, -0.2) is 49.1 Å². The molecule has 2 N–H and O–H groups in total. The fourth-order valence-electron chi connectivity index (χ4n) is 3.48. The Bertz CT molecular complexity index is 374. The van der Waals surface area contributed by atoms with Crippen molar-refractivity contribution in [2.24, 2.45) is 11.8 Å². The van der Waals surface area contributed by atoms with Crippen LogP contribution in [0.5, 0.6) is 0 Å². The highest BCUT2D eigenvalue weighted by Gasteiger charge is 2.40. The summed E-state index contributed by atoms with van der Waals surface area (Å²) in [5.41, 5.74) is 0. The molecular formula is C16H32B2O6. The van der Waals surface area contributed by atoms with E-state index in [-0.39, 0.29) is 24.4 Å². The lowest BCUT2D eigenvalue weighted by atomic mass is 9.88. The minimum atomic E-state index is -1.18. The zero-order valence-electron chi connectivity index (χ0n) is 15.4. The van der Waals surface area contributed by atoms with Gasteiger partial charge in [-0.2, -0.15) is 0 Å². The van der Waals surface area contributed by atoms with Crippen LogP contribution in [0.2, 0.25) is 0 Å². The van der Waals surface area contributed by atoms with E-state index in [9.17, 15) is 10.0 Å². The maximum atomic E-state index is 9.84. The number of hydrogen-bond donors (Lipinski definition) is 2. The van der Waals surface area contributed by atoms with Crippen molar-refractivity contribution in [1.29, 1.82) is 0 Å². The predicted octanol–water partition coefficient (Wildman–Crippen LogP) is 2.16. The summed E-state index contributed by atoms with van der Waals surface area (Å²) in [6, 6.07) is 0. The molecule has 0 spiro atoms. The normalized spacial score (nSPS) is 34.2. The molecule has 2 saturated heterocycles. The van der Waals surface area contributed by atoms with Crippen LogP contribution < -0.4 is 0 Å². The molecule has 0 aromatic carbocycles. The van der Waals surface area contributed by atoms with E-state index in [4.69, 9.17) is 18.6 Å². The van der Waals surface area contributed by atoms with Gasteiger partial charge in [-0.1, -0.05) is 40.5 Å². The van der Waals surface area contributed by atoms with E-state index >= 15 is 0 Å². The number of hydrogen-bond acceptors (Lipinski definition) is 6. The van der Waals surface area contributed by atoms with Gasteiger partial charge in [0.25, 0.3) is 0 Å². The van der Waals surface area contributed by atoms with Gasteiger partial charge in [0.05, 0.1) is 18.3 Å². The first-order chi connectivity index (χ1) is 11.4. The van der Waals surface area contributed by atoms with Gasteiger partial charge >= 0.3 is 14.6 Å². The second kappa shape index (κ2) is 9.55. The Balaban J connectivity index is 1.88. The highest BCUT2D eigenvalue weighted by atomic mass is 16.7. The molecule has 8 heteroatoms. The lowest BCUT2D eigenvalue weighted by Gasteiger charge is -2.38. The maximum absolute atomic E-state index is 9.84. The summed E-state index contributed by atoms with van der Waals surface area (Å²) < 4.78 is 22.0. The van der Waals surface area contributed by atoms with Gasteiger partial charge in [-0.05, 0) is 37.5 Å². The van der Waals surface area contributed by atoms with Crippen molar-refractivity contribution in [3.63, 3.8) is 0 Å². The summed E-state index contributed by atoms with van der Waals surface area (Å²) >= 11 is 0. The fourth-order valence-corrected chi connectivity index (χ4v) is 3.48. The van der Waals surface area contributed by atoms with Crippen molar-refractivity contribution in [2.45, 2.75) is 90.6 Å². The molecule has 6 nitrogen and oxygen atoms in total. The third-order valence-corrected chi connectivity index (χ3v) is 5.41.